The van der Waals surface area contributed by atoms with Crippen LogP contribution >= 0.6 is 0 Å². The standard InChI is InChI=1S/C26H36/c1-6-21(3)20-24(7-2)22(4)26(5,25-16-12-9-13-17-25)19-18-23-14-10-8-11-15-23/h8-17,21H,6-7,18-20H2,1-5H3/b24-22+. The van der Waals surface area contributed by atoms with Gasteiger partial charge in [-0.05, 0) is 49.7 Å². The molecule has 0 aliphatic carbocycles. The highest BCUT2D eigenvalue weighted by atomic mass is 14.3. The highest BCUT2D eigenvalue weighted by molar-refractivity contribution is 5.37. The molecule has 2 rings (SSSR count). The van der Waals surface area contributed by atoms with Gasteiger partial charge in [-0.2, -0.15) is 0 Å². The highest BCUT2D eigenvalue weighted by Gasteiger charge is 2.30. The van der Waals surface area contributed by atoms with Gasteiger partial charge in [0.05, 0.1) is 0 Å². The number of hydrogen-bond acceptors (Lipinski definition) is 0. The first-order valence-corrected chi connectivity index (χ1v) is 10.3. The number of benzene rings is 2. The van der Waals surface area contributed by atoms with E-state index in [2.05, 4.69) is 95.3 Å². The van der Waals surface area contributed by atoms with Gasteiger partial charge in [-0.1, -0.05) is 106 Å². The van der Waals surface area contributed by atoms with Crippen LogP contribution in [0.2, 0.25) is 0 Å². The molecule has 2 aromatic carbocycles. The highest BCUT2D eigenvalue weighted by Crippen LogP contribution is 2.40. The first kappa shape index (κ1) is 20.5. The number of rotatable bonds is 9. The predicted octanol–water partition coefficient (Wildman–Crippen LogP) is 7.74. The van der Waals surface area contributed by atoms with Crippen LogP contribution in [-0.2, 0) is 11.8 Å². The molecule has 0 fully saturated rings. The molecule has 0 radical (unpaired) electrons. The second kappa shape index (κ2) is 9.76. The van der Waals surface area contributed by atoms with Crippen LogP contribution in [0.15, 0.2) is 71.8 Å². The first-order valence-electron chi connectivity index (χ1n) is 10.3. The van der Waals surface area contributed by atoms with Crippen molar-refractivity contribution in [1.82, 2.24) is 0 Å². The molecule has 0 aliphatic rings. The minimum absolute atomic E-state index is 0.0932. The molecular weight excluding hydrogens is 312 g/mol. The monoisotopic (exact) mass is 348 g/mol. The van der Waals surface area contributed by atoms with Crippen LogP contribution in [0.5, 0.6) is 0 Å². The Morgan fingerprint density at radius 2 is 1.50 bits per heavy atom. The van der Waals surface area contributed by atoms with Gasteiger partial charge < -0.3 is 0 Å². The summed E-state index contributed by atoms with van der Waals surface area (Å²) < 4.78 is 0. The molecule has 2 atom stereocenters. The molecule has 0 heteroatoms. The Morgan fingerprint density at radius 1 is 0.923 bits per heavy atom. The van der Waals surface area contributed by atoms with E-state index in [0.717, 1.165) is 25.2 Å². The summed E-state index contributed by atoms with van der Waals surface area (Å²) >= 11 is 0. The third-order valence-corrected chi connectivity index (χ3v) is 6.24. The molecule has 140 valence electrons. The molecule has 0 spiro atoms. The topological polar surface area (TPSA) is 0 Å². The van der Waals surface area contributed by atoms with Crippen molar-refractivity contribution in [1.29, 1.82) is 0 Å². The van der Waals surface area contributed by atoms with E-state index in [0.29, 0.717) is 0 Å². The van der Waals surface area contributed by atoms with Crippen molar-refractivity contribution in [3.05, 3.63) is 82.9 Å². The second-order valence-electron chi connectivity index (χ2n) is 7.98. The van der Waals surface area contributed by atoms with Gasteiger partial charge in [-0.15, -0.1) is 0 Å². The Balaban J connectivity index is 2.39. The van der Waals surface area contributed by atoms with Gasteiger partial charge in [0, 0.05) is 5.41 Å². The van der Waals surface area contributed by atoms with E-state index in [1.54, 1.807) is 11.1 Å². The van der Waals surface area contributed by atoms with Gasteiger partial charge in [0.25, 0.3) is 0 Å². The van der Waals surface area contributed by atoms with Gasteiger partial charge in [0.2, 0.25) is 0 Å². The molecule has 0 aromatic heterocycles. The van der Waals surface area contributed by atoms with E-state index in [9.17, 15) is 0 Å². The van der Waals surface area contributed by atoms with Gasteiger partial charge in [-0.3, -0.25) is 0 Å². The Kier molecular flexibility index (Phi) is 7.69. The normalized spacial score (nSPS) is 15.9. The zero-order chi connectivity index (χ0) is 19.0. The van der Waals surface area contributed by atoms with Crippen LogP contribution in [0.25, 0.3) is 0 Å². The fourth-order valence-electron chi connectivity index (χ4n) is 3.91. The molecule has 0 N–H and O–H groups in total. The Labute approximate surface area is 161 Å². The summed E-state index contributed by atoms with van der Waals surface area (Å²) in [6.45, 7) is 11.8. The number of hydrogen-bond donors (Lipinski definition) is 0. The summed E-state index contributed by atoms with van der Waals surface area (Å²) in [5.74, 6) is 0.758. The maximum absolute atomic E-state index is 2.45. The van der Waals surface area contributed by atoms with Crippen LogP contribution in [0, 0.1) is 5.92 Å². The summed E-state index contributed by atoms with van der Waals surface area (Å²) in [6.07, 6.45) is 5.90. The fraction of sp³-hybridized carbons (Fsp3) is 0.462. The van der Waals surface area contributed by atoms with Crippen molar-refractivity contribution in [2.24, 2.45) is 5.92 Å². The summed E-state index contributed by atoms with van der Waals surface area (Å²) in [7, 11) is 0. The molecule has 26 heavy (non-hydrogen) atoms. The summed E-state index contributed by atoms with van der Waals surface area (Å²) in [5.41, 5.74) is 6.21. The lowest BCUT2D eigenvalue weighted by molar-refractivity contribution is 0.485. The Bertz CT molecular complexity index is 680. The van der Waals surface area contributed by atoms with E-state index in [-0.39, 0.29) is 5.41 Å². The molecular formula is C26H36. The van der Waals surface area contributed by atoms with E-state index < -0.39 is 0 Å². The van der Waals surface area contributed by atoms with E-state index in [1.165, 1.54) is 24.0 Å². The van der Waals surface area contributed by atoms with E-state index in [4.69, 9.17) is 0 Å². The van der Waals surface area contributed by atoms with Crippen LogP contribution in [-0.4, -0.2) is 0 Å². The molecule has 0 saturated heterocycles. The van der Waals surface area contributed by atoms with Gasteiger partial charge in [0.15, 0.2) is 0 Å². The minimum atomic E-state index is 0.0932. The fourth-order valence-corrected chi connectivity index (χ4v) is 3.91. The lowest BCUT2D eigenvalue weighted by Gasteiger charge is -2.34. The predicted molar refractivity (Wildman–Crippen MR) is 116 cm³/mol. The minimum Gasteiger partial charge on any atom is -0.0704 e. The van der Waals surface area contributed by atoms with Crippen molar-refractivity contribution >= 4 is 0 Å². The lowest BCUT2D eigenvalue weighted by atomic mass is 9.70. The van der Waals surface area contributed by atoms with Crippen molar-refractivity contribution in [3.63, 3.8) is 0 Å². The lowest BCUT2D eigenvalue weighted by Crippen LogP contribution is -2.26. The smallest absolute Gasteiger partial charge is 0.0136 e. The SMILES string of the molecule is CC/C(CC(C)CC)=C(/C)C(C)(CCc1ccccc1)c1ccccc1. The second-order valence-corrected chi connectivity index (χ2v) is 7.98. The van der Waals surface area contributed by atoms with Crippen LogP contribution in [0.4, 0.5) is 0 Å². The van der Waals surface area contributed by atoms with Crippen molar-refractivity contribution in [2.75, 3.05) is 0 Å². The molecule has 0 heterocycles. The Hall–Kier alpha value is -1.82. The largest absolute Gasteiger partial charge is 0.0704 e. The van der Waals surface area contributed by atoms with E-state index in [1.807, 2.05) is 0 Å². The zero-order valence-electron chi connectivity index (χ0n) is 17.4. The van der Waals surface area contributed by atoms with Crippen molar-refractivity contribution < 1.29 is 0 Å². The quantitative estimate of drug-likeness (QED) is 0.406. The molecule has 0 amide bonds. The number of aryl methyl sites for hydroxylation is 1. The summed E-state index contributed by atoms with van der Waals surface area (Å²) in [6, 6.07) is 22.0. The molecule has 0 bridgehead atoms. The van der Waals surface area contributed by atoms with Crippen LogP contribution in [0.3, 0.4) is 0 Å². The van der Waals surface area contributed by atoms with Gasteiger partial charge >= 0.3 is 0 Å². The maximum Gasteiger partial charge on any atom is 0.0136 e. The Morgan fingerprint density at radius 3 is 2.04 bits per heavy atom. The van der Waals surface area contributed by atoms with E-state index >= 15 is 0 Å². The van der Waals surface area contributed by atoms with Crippen molar-refractivity contribution in [3.8, 4) is 0 Å². The summed E-state index contributed by atoms with van der Waals surface area (Å²) in [5, 5.41) is 0. The molecule has 0 nitrogen and oxygen atoms in total. The number of allylic oxidation sites excluding steroid dienone is 2. The average molecular weight is 349 g/mol. The summed E-state index contributed by atoms with van der Waals surface area (Å²) in [4.78, 5) is 0. The van der Waals surface area contributed by atoms with Crippen molar-refractivity contribution in [2.45, 2.75) is 72.1 Å². The third kappa shape index (κ3) is 5.10. The maximum atomic E-state index is 2.45. The molecule has 2 unspecified atom stereocenters. The first-order chi connectivity index (χ1) is 12.5. The molecule has 2 aromatic rings. The van der Waals surface area contributed by atoms with Crippen LogP contribution in [0.1, 0.15) is 71.4 Å². The molecule has 0 aliphatic heterocycles. The van der Waals surface area contributed by atoms with Gasteiger partial charge in [0.1, 0.15) is 0 Å². The third-order valence-electron chi connectivity index (χ3n) is 6.24. The zero-order valence-corrected chi connectivity index (χ0v) is 17.4. The van der Waals surface area contributed by atoms with Crippen LogP contribution < -0.4 is 0 Å². The average Bonchev–Trinajstić information content (AvgIpc) is 2.70. The van der Waals surface area contributed by atoms with Gasteiger partial charge in [-0.25, -0.2) is 0 Å². The molecule has 0 saturated carbocycles.